The SMILES string of the molecule is CONC(=O)Nc1ccc(-n2c(=O)c3c(-c4ccc(OC)nn4)c(CN(C)C)sc3n(Cc3c(F)cccc3F)c2=O)cc1. The van der Waals surface area contributed by atoms with Gasteiger partial charge in [0.25, 0.3) is 5.56 Å². The van der Waals surface area contributed by atoms with Gasteiger partial charge in [0.1, 0.15) is 16.5 Å². The second-order valence-corrected chi connectivity index (χ2v) is 10.9. The monoisotopic (exact) mass is 623 g/mol. The van der Waals surface area contributed by atoms with Crippen molar-refractivity contribution in [1.82, 2.24) is 29.7 Å². The molecule has 15 heteroatoms. The number of rotatable bonds is 9. The van der Waals surface area contributed by atoms with Gasteiger partial charge in [-0.1, -0.05) is 6.07 Å². The van der Waals surface area contributed by atoms with Gasteiger partial charge >= 0.3 is 11.7 Å². The molecule has 3 aromatic heterocycles. The van der Waals surface area contributed by atoms with Crippen molar-refractivity contribution in [3.63, 3.8) is 0 Å². The third-order valence-electron chi connectivity index (χ3n) is 6.57. The van der Waals surface area contributed by atoms with Crippen LogP contribution in [-0.2, 0) is 17.9 Å². The Morgan fingerprint density at radius 3 is 2.30 bits per heavy atom. The molecule has 0 saturated carbocycles. The van der Waals surface area contributed by atoms with Gasteiger partial charge in [0.05, 0.1) is 37.5 Å². The first-order chi connectivity index (χ1) is 21.1. The lowest BCUT2D eigenvalue weighted by molar-refractivity contribution is 0.114. The van der Waals surface area contributed by atoms with Crippen molar-refractivity contribution in [2.75, 3.05) is 33.6 Å². The topological polar surface area (TPSA) is 133 Å². The number of hydrogen-bond acceptors (Lipinski definition) is 9. The van der Waals surface area contributed by atoms with Gasteiger partial charge < -0.3 is 15.0 Å². The largest absolute Gasteiger partial charge is 0.480 e. The molecule has 0 atom stereocenters. The van der Waals surface area contributed by atoms with E-state index in [9.17, 15) is 23.2 Å². The third kappa shape index (κ3) is 5.92. The Labute approximate surface area is 253 Å². The van der Waals surface area contributed by atoms with Crippen molar-refractivity contribution < 1.29 is 23.1 Å². The van der Waals surface area contributed by atoms with Crippen LogP contribution in [0, 0.1) is 11.6 Å². The van der Waals surface area contributed by atoms with Crippen LogP contribution in [0.2, 0.25) is 0 Å². The van der Waals surface area contributed by atoms with E-state index in [0.29, 0.717) is 28.4 Å². The number of amides is 2. The minimum Gasteiger partial charge on any atom is -0.480 e. The average Bonchev–Trinajstić information content (AvgIpc) is 3.36. The minimum atomic E-state index is -0.834. The summed E-state index contributed by atoms with van der Waals surface area (Å²) < 4.78 is 37.0. The van der Waals surface area contributed by atoms with E-state index < -0.39 is 35.5 Å². The molecule has 5 aromatic rings. The van der Waals surface area contributed by atoms with Crippen molar-refractivity contribution >= 4 is 33.3 Å². The molecule has 0 spiro atoms. The van der Waals surface area contributed by atoms with Crippen LogP contribution >= 0.6 is 11.3 Å². The lowest BCUT2D eigenvalue weighted by Gasteiger charge is -2.14. The molecule has 0 radical (unpaired) electrons. The highest BCUT2D eigenvalue weighted by molar-refractivity contribution is 7.19. The Morgan fingerprint density at radius 1 is 1.00 bits per heavy atom. The molecule has 2 N–H and O–H groups in total. The van der Waals surface area contributed by atoms with Crippen LogP contribution in [0.1, 0.15) is 10.4 Å². The predicted octanol–water partition coefficient (Wildman–Crippen LogP) is 3.75. The zero-order chi connectivity index (χ0) is 31.5. The van der Waals surface area contributed by atoms with E-state index in [2.05, 4.69) is 25.8 Å². The molecule has 0 unspecified atom stereocenters. The Balaban J connectivity index is 1.81. The smallest absolute Gasteiger partial charge is 0.343 e. The maximum atomic E-state index is 14.9. The summed E-state index contributed by atoms with van der Waals surface area (Å²) >= 11 is 1.16. The van der Waals surface area contributed by atoms with Gasteiger partial charge in [-0.15, -0.1) is 21.5 Å². The molecule has 2 aromatic carbocycles. The summed E-state index contributed by atoms with van der Waals surface area (Å²) in [4.78, 5) is 47.6. The molecule has 228 valence electrons. The Hall–Kier alpha value is -4.99. The molecule has 2 amide bonds. The fourth-order valence-corrected chi connectivity index (χ4v) is 6.05. The number of aromatic nitrogens is 4. The number of thiophene rings is 1. The van der Waals surface area contributed by atoms with Gasteiger partial charge in [0.2, 0.25) is 5.88 Å². The lowest BCUT2D eigenvalue weighted by Crippen LogP contribution is -2.39. The van der Waals surface area contributed by atoms with E-state index in [0.717, 1.165) is 28.0 Å². The molecule has 0 bridgehead atoms. The number of urea groups is 1. The Kier molecular flexibility index (Phi) is 8.80. The van der Waals surface area contributed by atoms with E-state index >= 15 is 0 Å². The fraction of sp³-hybridized carbons (Fsp3) is 0.207. The first kappa shape index (κ1) is 30.5. The number of carbonyl (C=O) groups excluding carboxylic acids is 1. The van der Waals surface area contributed by atoms with Crippen molar-refractivity contribution in [3.8, 4) is 22.8 Å². The third-order valence-corrected chi connectivity index (χ3v) is 7.77. The predicted molar refractivity (Wildman–Crippen MR) is 161 cm³/mol. The van der Waals surface area contributed by atoms with Crippen molar-refractivity contribution in [2.45, 2.75) is 13.1 Å². The summed E-state index contributed by atoms with van der Waals surface area (Å²) in [6.45, 7) is -0.116. The summed E-state index contributed by atoms with van der Waals surface area (Å²) in [6.07, 6.45) is 0. The number of nitrogens with one attached hydrogen (secondary N) is 2. The highest BCUT2D eigenvalue weighted by atomic mass is 32.1. The van der Waals surface area contributed by atoms with Crippen LogP contribution in [0.3, 0.4) is 0 Å². The number of hydroxylamine groups is 1. The summed E-state index contributed by atoms with van der Waals surface area (Å²) in [5.74, 6) is -1.41. The number of ether oxygens (including phenoxy) is 1. The van der Waals surface area contributed by atoms with E-state index in [1.54, 1.807) is 12.1 Å². The normalized spacial score (nSPS) is 11.2. The van der Waals surface area contributed by atoms with Crippen LogP contribution in [-0.4, -0.2) is 58.6 Å². The standard InChI is InChI=1S/C29H27F2N7O5S/c1-36(2)15-22-24(21-12-13-23(42-3)34-33-21)25-26(39)38(17-10-8-16(9-11-17)32-28(40)35-43-4)29(41)37(27(25)44-22)14-18-19(30)6-5-7-20(18)31/h5-13H,14-15H2,1-4H3,(H2,32,35,40). The second-order valence-electron chi connectivity index (χ2n) is 9.80. The lowest BCUT2D eigenvalue weighted by atomic mass is 10.1. The number of anilines is 1. The second kappa shape index (κ2) is 12.7. The molecule has 12 nitrogen and oxygen atoms in total. The van der Waals surface area contributed by atoms with Gasteiger partial charge in [0, 0.05) is 34.3 Å². The quantitative estimate of drug-likeness (QED) is 0.237. The van der Waals surface area contributed by atoms with Crippen LogP contribution < -0.4 is 26.8 Å². The molecule has 3 heterocycles. The van der Waals surface area contributed by atoms with Crippen molar-refractivity contribution in [2.24, 2.45) is 0 Å². The van der Waals surface area contributed by atoms with E-state index in [4.69, 9.17) is 4.74 Å². The van der Waals surface area contributed by atoms with Gasteiger partial charge in [-0.2, -0.15) is 0 Å². The maximum absolute atomic E-state index is 14.9. The molecular weight excluding hydrogens is 596 g/mol. The number of halogens is 2. The van der Waals surface area contributed by atoms with E-state index in [-0.39, 0.29) is 27.3 Å². The number of carbonyl (C=O) groups is 1. The summed E-state index contributed by atoms with van der Waals surface area (Å²) in [7, 11) is 6.42. The van der Waals surface area contributed by atoms with Crippen LogP contribution in [0.4, 0.5) is 19.3 Å². The summed E-state index contributed by atoms with van der Waals surface area (Å²) in [6, 6.07) is 12.0. The average molecular weight is 624 g/mol. The highest BCUT2D eigenvalue weighted by Crippen LogP contribution is 2.37. The fourth-order valence-electron chi connectivity index (χ4n) is 4.64. The summed E-state index contributed by atoms with van der Waals surface area (Å²) in [5, 5.41) is 11.0. The van der Waals surface area contributed by atoms with Crippen molar-refractivity contribution in [1.29, 1.82) is 0 Å². The first-order valence-electron chi connectivity index (χ1n) is 13.1. The molecule has 44 heavy (non-hydrogen) atoms. The van der Waals surface area contributed by atoms with E-state index in [1.807, 2.05) is 19.0 Å². The van der Waals surface area contributed by atoms with Gasteiger partial charge in [0.15, 0.2) is 0 Å². The molecule has 0 fully saturated rings. The number of nitrogens with zero attached hydrogens (tertiary/aromatic N) is 5. The number of methoxy groups -OCH3 is 1. The number of benzene rings is 2. The van der Waals surface area contributed by atoms with Gasteiger partial charge in [-0.25, -0.2) is 28.4 Å². The van der Waals surface area contributed by atoms with Gasteiger partial charge in [-0.3, -0.25) is 14.2 Å². The van der Waals surface area contributed by atoms with E-state index in [1.165, 1.54) is 49.1 Å². The molecule has 0 saturated heterocycles. The summed E-state index contributed by atoms with van der Waals surface area (Å²) in [5.41, 5.74) is 1.61. The minimum absolute atomic E-state index is 0.129. The zero-order valence-corrected chi connectivity index (χ0v) is 24.9. The van der Waals surface area contributed by atoms with Crippen molar-refractivity contribution in [3.05, 3.63) is 97.5 Å². The zero-order valence-electron chi connectivity index (χ0n) is 24.1. The number of hydrogen-bond donors (Lipinski definition) is 2. The Morgan fingerprint density at radius 2 is 1.70 bits per heavy atom. The molecule has 0 aliphatic rings. The highest BCUT2D eigenvalue weighted by Gasteiger charge is 2.26. The molecule has 5 rings (SSSR count). The number of fused-ring (bicyclic) bond motifs is 1. The molecular formula is C29H27F2N7O5S. The van der Waals surface area contributed by atoms with Crippen LogP contribution in [0.15, 0.2) is 64.2 Å². The Bertz CT molecular complexity index is 1940. The molecule has 0 aliphatic carbocycles. The first-order valence-corrected chi connectivity index (χ1v) is 13.9. The van der Waals surface area contributed by atoms with Crippen LogP contribution in [0.5, 0.6) is 5.88 Å². The van der Waals surface area contributed by atoms with Gasteiger partial charge in [-0.05, 0) is 56.6 Å². The maximum Gasteiger partial charge on any atom is 0.343 e. The van der Waals surface area contributed by atoms with Crippen LogP contribution in [0.25, 0.3) is 27.2 Å². The molecule has 0 aliphatic heterocycles.